The SMILES string of the molecule is Cc1c(CC(=O)O)cnn1-c1ccccc1. The third-order valence-corrected chi connectivity index (χ3v) is 2.45. The molecule has 4 nitrogen and oxygen atoms in total. The number of nitrogens with zero attached hydrogens (tertiary/aromatic N) is 2. The summed E-state index contributed by atoms with van der Waals surface area (Å²) in [7, 11) is 0. The first-order valence-electron chi connectivity index (χ1n) is 4.99. The van der Waals surface area contributed by atoms with Gasteiger partial charge >= 0.3 is 5.97 Å². The summed E-state index contributed by atoms with van der Waals surface area (Å²) < 4.78 is 1.75. The van der Waals surface area contributed by atoms with Crippen LogP contribution >= 0.6 is 0 Å². The first-order valence-corrected chi connectivity index (χ1v) is 4.99. The highest BCUT2D eigenvalue weighted by Gasteiger charge is 2.10. The Kier molecular flexibility index (Phi) is 2.72. The van der Waals surface area contributed by atoms with Crippen LogP contribution in [-0.4, -0.2) is 20.9 Å². The summed E-state index contributed by atoms with van der Waals surface area (Å²) in [4.78, 5) is 10.6. The van der Waals surface area contributed by atoms with Gasteiger partial charge in [-0.25, -0.2) is 4.68 Å². The van der Waals surface area contributed by atoms with Crippen molar-refractivity contribution in [2.45, 2.75) is 13.3 Å². The van der Waals surface area contributed by atoms with Crippen LogP contribution in [0.25, 0.3) is 5.69 Å². The van der Waals surface area contributed by atoms with Crippen LogP contribution in [0.15, 0.2) is 36.5 Å². The van der Waals surface area contributed by atoms with Gasteiger partial charge in [0.05, 0.1) is 18.3 Å². The van der Waals surface area contributed by atoms with Crippen LogP contribution in [0.1, 0.15) is 11.3 Å². The summed E-state index contributed by atoms with van der Waals surface area (Å²) in [5.74, 6) is -0.837. The number of hydrogen-bond acceptors (Lipinski definition) is 2. The van der Waals surface area contributed by atoms with Gasteiger partial charge in [0.25, 0.3) is 0 Å². The topological polar surface area (TPSA) is 55.1 Å². The van der Waals surface area contributed by atoms with Gasteiger partial charge in [-0.05, 0) is 19.1 Å². The molecule has 1 N–H and O–H groups in total. The van der Waals surface area contributed by atoms with Gasteiger partial charge in [0.15, 0.2) is 0 Å². The molecule has 0 radical (unpaired) electrons. The monoisotopic (exact) mass is 216 g/mol. The summed E-state index contributed by atoms with van der Waals surface area (Å²) in [5, 5.41) is 12.9. The number of para-hydroxylation sites is 1. The van der Waals surface area contributed by atoms with Crippen LogP contribution in [0.2, 0.25) is 0 Å². The zero-order valence-corrected chi connectivity index (χ0v) is 8.92. The Morgan fingerprint density at radius 2 is 2.06 bits per heavy atom. The van der Waals surface area contributed by atoms with Crippen LogP contribution in [-0.2, 0) is 11.2 Å². The fourth-order valence-electron chi connectivity index (χ4n) is 1.61. The van der Waals surface area contributed by atoms with Crippen molar-refractivity contribution < 1.29 is 9.90 Å². The highest BCUT2D eigenvalue weighted by molar-refractivity contribution is 5.70. The van der Waals surface area contributed by atoms with Crippen molar-refractivity contribution in [3.63, 3.8) is 0 Å². The minimum Gasteiger partial charge on any atom is -0.481 e. The predicted octanol–water partition coefficient (Wildman–Crippen LogP) is 1.81. The molecule has 0 fully saturated rings. The molecule has 0 atom stereocenters. The van der Waals surface area contributed by atoms with E-state index < -0.39 is 5.97 Å². The number of hydrogen-bond donors (Lipinski definition) is 1. The standard InChI is InChI=1S/C12H12N2O2/c1-9-10(7-12(15)16)8-13-14(9)11-5-3-2-4-6-11/h2-6,8H,7H2,1H3,(H,15,16). The molecule has 1 heterocycles. The highest BCUT2D eigenvalue weighted by atomic mass is 16.4. The minimum absolute atomic E-state index is 0.0126. The van der Waals surface area contributed by atoms with E-state index in [1.807, 2.05) is 37.3 Å². The largest absolute Gasteiger partial charge is 0.481 e. The minimum atomic E-state index is -0.837. The van der Waals surface area contributed by atoms with Gasteiger partial charge in [0, 0.05) is 11.3 Å². The van der Waals surface area contributed by atoms with E-state index in [9.17, 15) is 4.79 Å². The first kappa shape index (κ1) is 10.4. The highest BCUT2D eigenvalue weighted by Crippen LogP contribution is 2.14. The lowest BCUT2D eigenvalue weighted by molar-refractivity contribution is -0.136. The number of carboxylic acids is 1. The lowest BCUT2D eigenvalue weighted by Crippen LogP contribution is -2.03. The van der Waals surface area contributed by atoms with E-state index in [0.29, 0.717) is 0 Å². The Balaban J connectivity index is 2.37. The van der Waals surface area contributed by atoms with Crippen LogP contribution < -0.4 is 0 Å². The van der Waals surface area contributed by atoms with Crippen LogP contribution in [0.3, 0.4) is 0 Å². The molecule has 0 unspecified atom stereocenters. The molecular weight excluding hydrogens is 204 g/mol. The quantitative estimate of drug-likeness (QED) is 0.851. The third-order valence-electron chi connectivity index (χ3n) is 2.45. The average molecular weight is 216 g/mol. The van der Waals surface area contributed by atoms with E-state index in [1.165, 1.54) is 0 Å². The predicted molar refractivity (Wildman–Crippen MR) is 59.6 cm³/mol. The summed E-state index contributed by atoms with van der Waals surface area (Å²) in [6.45, 7) is 1.87. The Morgan fingerprint density at radius 3 is 2.69 bits per heavy atom. The number of carboxylic acid groups (broad SMARTS) is 1. The summed E-state index contributed by atoms with van der Waals surface area (Å²) >= 11 is 0. The van der Waals surface area contributed by atoms with Crippen LogP contribution in [0.5, 0.6) is 0 Å². The maximum Gasteiger partial charge on any atom is 0.307 e. The lowest BCUT2D eigenvalue weighted by Gasteiger charge is -2.04. The van der Waals surface area contributed by atoms with E-state index in [-0.39, 0.29) is 6.42 Å². The van der Waals surface area contributed by atoms with Crippen LogP contribution in [0.4, 0.5) is 0 Å². The molecule has 16 heavy (non-hydrogen) atoms. The molecule has 0 spiro atoms. The Bertz CT molecular complexity index is 503. The molecule has 0 aliphatic carbocycles. The maximum atomic E-state index is 10.6. The fourth-order valence-corrected chi connectivity index (χ4v) is 1.61. The second-order valence-corrected chi connectivity index (χ2v) is 3.57. The summed E-state index contributed by atoms with van der Waals surface area (Å²) in [6.07, 6.45) is 1.62. The van der Waals surface area contributed by atoms with Gasteiger partial charge in [-0.15, -0.1) is 0 Å². The Morgan fingerprint density at radius 1 is 1.38 bits per heavy atom. The molecule has 0 aliphatic heterocycles. The van der Waals surface area contributed by atoms with Crippen molar-refractivity contribution in [3.05, 3.63) is 47.8 Å². The Labute approximate surface area is 93.1 Å². The number of carbonyl (C=O) groups is 1. The van der Waals surface area contributed by atoms with E-state index in [0.717, 1.165) is 16.9 Å². The molecule has 82 valence electrons. The normalized spacial score (nSPS) is 10.3. The van der Waals surface area contributed by atoms with Crippen molar-refractivity contribution in [2.24, 2.45) is 0 Å². The van der Waals surface area contributed by atoms with Gasteiger partial charge in [-0.1, -0.05) is 18.2 Å². The number of rotatable bonds is 3. The van der Waals surface area contributed by atoms with E-state index >= 15 is 0 Å². The maximum absolute atomic E-state index is 10.6. The van der Waals surface area contributed by atoms with Gasteiger partial charge in [0.1, 0.15) is 0 Å². The summed E-state index contributed by atoms with van der Waals surface area (Å²) in [5.41, 5.74) is 2.56. The number of aliphatic carboxylic acids is 1. The van der Waals surface area contributed by atoms with Crippen molar-refractivity contribution >= 4 is 5.97 Å². The molecule has 0 amide bonds. The molecule has 0 saturated carbocycles. The summed E-state index contributed by atoms with van der Waals surface area (Å²) in [6, 6.07) is 9.65. The molecule has 1 aromatic carbocycles. The van der Waals surface area contributed by atoms with Crippen molar-refractivity contribution in [1.29, 1.82) is 0 Å². The molecule has 1 aromatic heterocycles. The third kappa shape index (κ3) is 1.95. The fraction of sp³-hybridized carbons (Fsp3) is 0.167. The molecule has 0 bridgehead atoms. The van der Waals surface area contributed by atoms with E-state index in [2.05, 4.69) is 5.10 Å². The van der Waals surface area contributed by atoms with E-state index in [1.54, 1.807) is 10.9 Å². The molecule has 2 aromatic rings. The van der Waals surface area contributed by atoms with Gasteiger partial charge in [-0.2, -0.15) is 5.10 Å². The molecule has 0 saturated heterocycles. The smallest absolute Gasteiger partial charge is 0.307 e. The zero-order valence-electron chi connectivity index (χ0n) is 8.92. The second kappa shape index (κ2) is 4.18. The zero-order chi connectivity index (χ0) is 11.5. The number of benzene rings is 1. The molecular formula is C12H12N2O2. The molecule has 4 heteroatoms. The van der Waals surface area contributed by atoms with Crippen molar-refractivity contribution in [1.82, 2.24) is 9.78 Å². The average Bonchev–Trinajstić information content (AvgIpc) is 2.61. The van der Waals surface area contributed by atoms with Crippen molar-refractivity contribution in [3.8, 4) is 5.69 Å². The van der Waals surface area contributed by atoms with Crippen LogP contribution in [0, 0.1) is 6.92 Å². The number of aromatic nitrogens is 2. The van der Waals surface area contributed by atoms with Crippen molar-refractivity contribution in [2.75, 3.05) is 0 Å². The molecule has 2 rings (SSSR count). The van der Waals surface area contributed by atoms with Gasteiger partial charge in [0.2, 0.25) is 0 Å². The lowest BCUT2D eigenvalue weighted by atomic mass is 10.2. The Hall–Kier alpha value is -2.10. The van der Waals surface area contributed by atoms with Gasteiger partial charge < -0.3 is 5.11 Å². The first-order chi connectivity index (χ1) is 7.68. The van der Waals surface area contributed by atoms with E-state index in [4.69, 9.17) is 5.11 Å². The molecule has 0 aliphatic rings. The second-order valence-electron chi connectivity index (χ2n) is 3.57. The van der Waals surface area contributed by atoms with Gasteiger partial charge in [-0.3, -0.25) is 4.79 Å².